The SMILES string of the molecule is NC(=O)c1ccc(F)c(CN2CC(O)C(O)C2)c1. The van der Waals surface area contributed by atoms with Crippen LogP contribution in [0.15, 0.2) is 18.2 Å². The first-order valence-corrected chi connectivity index (χ1v) is 5.64. The minimum atomic E-state index is -0.813. The second-order valence-electron chi connectivity index (χ2n) is 4.50. The minimum absolute atomic E-state index is 0.223. The number of likely N-dealkylation sites (tertiary alicyclic amines) is 1. The average Bonchev–Trinajstić information content (AvgIpc) is 2.61. The molecule has 1 fully saturated rings. The highest BCUT2D eigenvalue weighted by atomic mass is 19.1. The number of aliphatic hydroxyl groups is 2. The molecule has 2 rings (SSSR count). The van der Waals surface area contributed by atoms with E-state index in [1.165, 1.54) is 18.2 Å². The molecule has 2 atom stereocenters. The van der Waals surface area contributed by atoms with Crippen molar-refractivity contribution in [2.75, 3.05) is 13.1 Å². The predicted octanol–water partition coefficient (Wildman–Crippen LogP) is -0.538. The van der Waals surface area contributed by atoms with Crippen molar-refractivity contribution in [2.45, 2.75) is 18.8 Å². The van der Waals surface area contributed by atoms with Crippen LogP contribution in [0.1, 0.15) is 15.9 Å². The summed E-state index contributed by atoms with van der Waals surface area (Å²) in [5.74, 6) is -1.05. The number of carbonyl (C=O) groups excluding carboxylic acids is 1. The highest BCUT2D eigenvalue weighted by Gasteiger charge is 2.29. The molecule has 5 nitrogen and oxygen atoms in total. The lowest BCUT2D eigenvalue weighted by Crippen LogP contribution is -2.22. The molecule has 0 saturated carbocycles. The molecule has 0 aromatic heterocycles. The van der Waals surface area contributed by atoms with Gasteiger partial charge >= 0.3 is 0 Å². The molecule has 6 heteroatoms. The van der Waals surface area contributed by atoms with Gasteiger partial charge in [0, 0.05) is 30.8 Å². The second-order valence-corrected chi connectivity index (χ2v) is 4.50. The molecule has 0 spiro atoms. The Morgan fingerprint density at radius 3 is 2.56 bits per heavy atom. The van der Waals surface area contributed by atoms with Crippen molar-refractivity contribution in [2.24, 2.45) is 5.73 Å². The van der Waals surface area contributed by atoms with Crippen LogP contribution >= 0.6 is 0 Å². The molecule has 0 bridgehead atoms. The number of carbonyl (C=O) groups is 1. The zero-order valence-electron chi connectivity index (χ0n) is 9.71. The fourth-order valence-electron chi connectivity index (χ4n) is 2.07. The number of primary amides is 1. The van der Waals surface area contributed by atoms with E-state index in [4.69, 9.17) is 5.73 Å². The standard InChI is InChI=1S/C12H15FN2O3/c13-9-2-1-7(12(14)18)3-8(9)4-15-5-10(16)11(17)6-15/h1-3,10-11,16-17H,4-6H2,(H2,14,18). The van der Waals surface area contributed by atoms with E-state index < -0.39 is 23.9 Å². The van der Waals surface area contributed by atoms with Crippen molar-refractivity contribution in [3.8, 4) is 0 Å². The second kappa shape index (κ2) is 5.01. The van der Waals surface area contributed by atoms with Gasteiger partial charge in [-0.25, -0.2) is 4.39 Å². The summed E-state index contributed by atoms with van der Waals surface area (Å²) in [6.45, 7) is 0.782. The molecular weight excluding hydrogens is 239 g/mol. The van der Waals surface area contributed by atoms with Crippen LogP contribution in [0.4, 0.5) is 4.39 Å². The predicted molar refractivity (Wildman–Crippen MR) is 62.2 cm³/mol. The number of benzene rings is 1. The summed E-state index contributed by atoms with van der Waals surface area (Å²) in [6.07, 6.45) is -1.63. The van der Waals surface area contributed by atoms with Crippen LogP contribution in [0.5, 0.6) is 0 Å². The number of hydrogen-bond acceptors (Lipinski definition) is 4. The molecule has 0 radical (unpaired) electrons. The monoisotopic (exact) mass is 254 g/mol. The summed E-state index contributed by atoms with van der Waals surface area (Å²) < 4.78 is 13.6. The third-order valence-corrected chi connectivity index (χ3v) is 3.06. The molecule has 1 aromatic carbocycles. The molecule has 98 valence electrons. The number of aliphatic hydroxyl groups excluding tert-OH is 2. The van der Waals surface area contributed by atoms with Crippen molar-refractivity contribution in [3.63, 3.8) is 0 Å². The van der Waals surface area contributed by atoms with Gasteiger partial charge in [0.05, 0.1) is 12.2 Å². The lowest BCUT2D eigenvalue weighted by molar-refractivity contribution is 0.0572. The third-order valence-electron chi connectivity index (χ3n) is 3.06. The van der Waals surface area contributed by atoms with Gasteiger partial charge in [-0.2, -0.15) is 0 Å². The Balaban J connectivity index is 2.14. The van der Waals surface area contributed by atoms with E-state index in [0.717, 1.165) is 0 Å². The van der Waals surface area contributed by atoms with E-state index in [1.54, 1.807) is 4.90 Å². The zero-order valence-corrected chi connectivity index (χ0v) is 9.71. The lowest BCUT2D eigenvalue weighted by atomic mass is 10.1. The van der Waals surface area contributed by atoms with Gasteiger partial charge in [0.25, 0.3) is 0 Å². The average molecular weight is 254 g/mol. The molecule has 1 amide bonds. The Labute approximate surface area is 104 Å². The van der Waals surface area contributed by atoms with Crippen LogP contribution < -0.4 is 5.73 Å². The third kappa shape index (κ3) is 2.66. The maximum absolute atomic E-state index is 13.6. The number of hydrogen-bond donors (Lipinski definition) is 3. The van der Waals surface area contributed by atoms with E-state index in [0.29, 0.717) is 5.56 Å². The van der Waals surface area contributed by atoms with E-state index in [-0.39, 0.29) is 25.2 Å². The summed E-state index contributed by atoms with van der Waals surface area (Å²) >= 11 is 0. The molecule has 18 heavy (non-hydrogen) atoms. The maximum Gasteiger partial charge on any atom is 0.248 e. The number of nitrogens with two attached hydrogens (primary N) is 1. The van der Waals surface area contributed by atoms with Gasteiger partial charge < -0.3 is 15.9 Å². The number of β-amino-alcohol motifs (C(OH)–C–C–N with tert-alkyl or cyclic N) is 2. The van der Waals surface area contributed by atoms with Gasteiger partial charge in [-0.15, -0.1) is 0 Å². The Morgan fingerprint density at radius 2 is 2.00 bits per heavy atom. The summed E-state index contributed by atoms with van der Waals surface area (Å²) in [5.41, 5.74) is 5.70. The quantitative estimate of drug-likeness (QED) is 0.676. The fourth-order valence-corrected chi connectivity index (χ4v) is 2.07. The van der Waals surface area contributed by atoms with E-state index in [2.05, 4.69) is 0 Å². The van der Waals surface area contributed by atoms with Crippen molar-refractivity contribution < 1.29 is 19.4 Å². The van der Waals surface area contributed by atoms with E-state index in [1.807, 2.05) is 0 Å². The molecule has 0 aliphatic carbocycles. The summed E-state index contributed by atoms with van der Waals surface area (Å²) in [4.78, 5) is 12.7. The van der Waals surface area contributed by atoms with E-state index in [9.17, 15) is 19.4 Å². The van der Waals surface area contributed by atoms with Crippen LogP contribution in [0.3, 0.4) is 0 Å². The van der Waals surface area contributed by atoms with Gasteiger partial charge in [-0.3, -0.25) is 9.69 Å². The molecule has 1 aromatic rings. The molecule has 1 aliphatic heterocycles. The molecular formula is C12H15FN2O3. The topological polar surface area (TPSA) is 86.8 Å². The first-order valence-electron chi connectivity index (χ1n) is 5.64. The molecule has 1 heterocycles. The molecule has 2 unspecified atom stereocenters. The Hall–Kier alpha value is -1.50. The summed E-state index contributed by atoms with van der Waals surface area (Å²) in [5, 5.41) is 18.8. The van der Waals surface area contributed by atoms with Gasteiger partial charge in [-0.1, -0.05) is 0 Å². The first-order chi connectivity index (χ1) is 8.47. The van der Waals surface area contributed by atoms with Gasteiger partial charge in [0.1, 0.15) is 5.82 Å². The molecule has 4 N–H and O–H groups in total. The van der Waals surface area contributed by atoms with Gasteiger partial charge in [0.2, 0.25) is 5.91 Å². The van der Waals surface area contributed by atoms with Gasteiger partial charge in [0.15, 0.2) is 0 Å². The lowest BCUT2D eigenvalue weighted by Gasteiger charge is -2.15. The minimum Gasteiger partial charge on any atom is -0.389 e. The van der Waals surface area contributed by atoms with Crippen molar-refractivity contribution >= 4 is 5.91 Å². The maximum atomic E-state index is 13.6. The number of amides is 1. The highest BCUT2D eigenvalue weighted by molar-refractivity contribution is 5.92. The normalized spacial score (nSPS) is 24.4. The van der Waals surface area contributed by atoms with Crippen LogP contribution in [0, 0.1) is 5.82 Å². The number of halogens is 1. The first kappa shape index (κ1) is 12.9. The van der Waals surface area contributed by atoms with Gasteiger partial charge in [-0.05, 0) is 18.2 Å². The van der Waals surface area contributed by atoms with Crippen LogP contribution in [-0.2, 0) is 6.54 Å². The molecule has 1 saturated heterocycles. The summed E-state index contributed by atoms with van der Waals surface area (Å²) in [7, 11) is 0. The van der Waals surface area contributed by atoms with Crippen molar-refractivity contribution in [1.29, 1.82) is 0 Å². The Kier molecular flexibility index (Phi) is 3.60. The Morgan fingerprint density at radius 1 is 1.39 bits per heavy atom. The summed E-state index contributed by atoms with van der Waals surface area (Å²) in [6, 6.07) is 3.92. The number of nitrogens with zero attached hydrogens (tertiary/aromatic N) is 1. The van der Waals surface area contributed by atoms with Crippen molar-refractivity contribution in [3.05, 3.63) is 35.1 Å². The van der Waals surface area contributed by atoms with Crippen LogP contribution in [-0.4, -0.2) is 46.3 Å². The highest BCUT2D eigenvalue weighted by Crippen LogP contribution is 2.17. The van der Waals surface area contributed by atoms with Crippen molar-refractivity contribution in [1.82, 2.24) is 4.90 Å². The van der Waals surface area contributed by atoms with Crippen LogP contribution in [0.25, 0.3) is 0 Å². The number of rotatable bonds is 3. The molecule has 1 aliphatic rings. The largest absolute Gasteiger partial charge is 0.389 e. The Bertz CT molecular complexity index is 457. The van der Waals surface area contributed by atoms with E-state index >= 15 is 0 Å². The fraction of sp³-hybridized carbons (Fsp3) is 0.417. The zero-order chi connectivity index (χ0) is 13.3. The van der Waals surface area contributed by atoms with Crippen LogP contribution in [0.2, 0.25) is 0 Å². The smallest absolute Gasteiger partial charge is 0.248 e.